The largest absolute Gasteiger partial charge is 0.289 e. The summed E-state index contributed by atoms with van der Waals surface area (Å²) in [5.41, 5.74) is 1.09. The van der Waals surface area contributed by atoms with E-state index in [0.717, 1.165) is 47.4 Å². The lowest BCUT2D eigenvalue weighted by Crippen LogP contribution is -2.38. The molecule has 3 nitrogen and oxygen atoms in total. The fourth-order valence-corrected chi connectivity index (χ4v) is 4.42. The summed E-state index contributed by atoms with van der Waals surface area (Å²) in [6.07, 6.45) is 5.72. The predicted octanol–water partition coefficient (Wildman–Crippen LogP) is 4.35. The van der Waals surface area contributed by atoms with Crippen LogP contribution in [0.3, 0.4) is 0 Å². The molecule has 1 heterocycles. The topological polar surface area (TPSA) is 32.7 Å². The quantitative estimate of drug-likeness (QED) is 0.822. The molecule has 0 unspecified atom stereocenters. The Kier molecular flexibility index (Phi) is 5.42. The van der Waals surface area contributed by atoms with Crippen molar-refractivity contribution in [1.29, 1.82) is 0 Å². The molecule has 1 fully saturated rings. The Labute approximate surface area is 141 Å². The first-order valence-electron chi connectivity index (χ1n) is 7.98. The standard InChI is InChI=1S/C17H21ClN2OS/c18-15-9-5-4-8-14(15)12-22-17-19-10-11-20(17)16(21)13-6-2-1-3-7-13/h4-5,8-9,13H,1-3,6-7,10-12H2. The van der Waals surface area contributed by atoms with E-state index in [1.807, 2.05) is 29.2 Å². The zero-order valence-electron chi connectivity index (χ0n) is 12.6. The van der Waals surface area contributed by atoms with Gasteiger partial charge < -0.3 is 0 Å². The van der Waals surface area contributed by atoms with Crippen molar-refractivity contribution in [3.05, 3.63) is 34.9 Å². The van der Waals surface area contributed by atoms with Crippen LogP contribution in [0.5, 0.6) is 0 Å². The molecule has 1 amide bonds. The van der Waals surface area contributed by atoms with Crippen LogP contribution < -0.4 is 0 Å². The number of halogens is 1. The highest BCUT2D eigenvalue weighted by Gasteiger charge is 2.30. The summed E-state index contributed by atoms with van der Waals surface area (Å²) >= 11 is 7.82. The number of aliphatic imine (C=N–C) groups is 1. The number of hydrogen-bond donors (Lipinski definition) is 0. The predicted molar refractivity (Wildman–Crippen MR) is 93.3 cm³/mol. The number of hydrogen-bond acceptors (Lipinski definition) is 3. The van der Waals surface area contributed by atoms with Gasteiger partial charge >= 0.3 is 0 Å². The van der Waals surface area contributed by atoms with Gasteiger partial charge in [0, 0.05) is 23.2 Å². The third kappa shape index (κ3) is 3.66. The van der Waals surface area contributed by atoms with E-state index in [1.165, 1.54) is 19.3 Å². The number of thioether (sulfide) groups is 1. The summed E-state index contributed by atoms with van der Waals surface area (Å²) in [5, 5.41) is 1.65. The maximum atomic E-state index is 12.7. The Hall–Kier alpha value is -1.00. The zero-order valence-corrected chi connectivity index (χ0v) is 14.2. The number of amidine groups is 1. The minimum atomic E-state index is 0.206. The highest BCUT2D eigenvalue weighted by Crippen LogP contribution is 2.29. The normalized spacial score (nSPS) is 19.3. The molecular weight excluding hydrogens is 316 g/mol. The van der Waals surface area contributed by atoms with Crippen molar-refractivity contribution < 1.29 is 4.79 Å². The molecule has 0 aromatic heterocycles. The Morgan fingerprint density at radius 1 is 1.27 bits per heavy atom. The summed E-state index contributed by atoms with van der Waals surface area (Å²) in [6, 6.07) is 7.85. The van der Waals surface area contributed by atoms with Crippen LogP contribution in [0.15, 0.2) is 29.3 Å². The Morgan fingerprint density at radius 3 is 2.82 bits per heavy atom. The number of nitrogens with zero attached hydrogens (tertiary/aromatic N) is 2. The van der Waals surface area contributed by atoms with Gasteiger partial charge in [-0.1, -0.05) is 60.8 Å². The second kappa shape index (κ2) is 7.51. The molecule has 1 aromatic carbocycles. The lowest BCUT2D eigenvalue weighted by molar-refractivity contribution is -0.132. The van der Waals surface area contributed by atoms with Crippen molar-refractivity contribution >= 4 is 34.4 Å². The molecule has 0 radical (unpaired) electrons. The summed E-state index contributed by atoms with van der Waals surface area (Å²) in [5.74, 6) is 1.24. The number of amides is 1. The van der Waals surface area contributed by atoms with Crippen molar-refractivity contribution in [2.75, 3.05) is 13.1 Å². The lowest BCUT2D eigenvalue weighted by Gasteiger charge is -2.26. The van der Waals surface area contributed by atoms with Crippen LogP contribution in [0, 0.1) is 5.92 Å². The van der Waals surface area contributed by atoms with Crippen molar-refractivity contribution in [3.8, 4) is 0 Å². The van der Waals surface area contributed by atoms with Crippen molar-refractivity contribution in [2.24, 2.45) is 10.9 Å². The SMILES string of the molecule is O=C(C1CCCCC1)N1CCN=C1SCc1ccccc1Cl. The van der Waals surface area contributed by atoms with Crippen LogP contribution in [0.4, 0.5) is 0 Å². The molecule has 1 aromatic rings. The van der Waals surface area contributed by atoms with Crippen molar-refractivity contribution in [3.63, 3.8) is 0 Å². The molecule has 0 spiro atoms. The third-order valence-corrected chi connectivity index (χ3v) is 5.77. The fraction of sp³-hybridized carbons (Fsp3) is 0.529. The van der Waals surface area contributed by atoms with Crippen LogP contribution in [0.1, 0.15) is 37.7 Å². The molecule has 1 aliphatic carbocycles. The molecule has 5 heteroatoms. The molecule has 1 saturated carbocycles. The summed E-state index contributed by atoms with van der Waals surface area (Å²) in [7, 11) is 0. The van der Waals surface area contributed by atoms with Crippen molar-refractivity contribution in [2.45, 2.75) is 37.9 Å². The van der Waals surface area contributed by atoms with E-state index in [2.05, 4.69) is 4.99 Å². The molecule has 22 heavy (non-hydrogen) atoms. The van der Waals surface area contributed by atoms with Gasteiger partial charge in [-0.2, -0.15) is 0 Å². The van der Waals surface area contributed by atoms with Gasteiger partial charge in [-0.15, -0.1) is 0 Å². The molecule has 118 valence electrons. The van der Waals surface area contributed by atoms with Gasteiger partial charge in [-0.3, -0.25) is 14.7 Å². The maximum absolute atomic E-state index is 12.7. The summed E-state index contributed by atoms with van der Waals surface area (Å²) < 4.78 is 0. The first-order chi connectivity index (χ1) is 10.8. The molecule has 1 aliphatic heterocycles. The van der Waals surface area contributed by atoms with Gasteiger partial charge in [-0.05, 0) is 24.5 Å². The second-order valence-electron chi connectivity index (χ2n) is 5.87. The van der Waals surface area contributed by atoms with Crippen molar-refractivity contribution in [1.82, 2.24) is 4.90 Å². The summed E-state index contributed by atoms with van der Waals surface area (Å²) in [6.45, 7) is 1.46. The second-order valence-corrected chi connectivity index (χ2v) is 7.22. The van der Waals surface area contributed by atoms with Gasteiger partial charge in [0.15, 0.2) is 5.17 Å². The van der Waals surface area contributed by atoms with E-state index in [0.29, 0.717) is 0 Å². The van der Waals surface area contributed by atoms with Crippen LogP contribution in [0.25, 0.3) is 0 Å². The highest BCUT2D eigenvalue weighted by molar-refractivity contribution is 8.13. The van der Waals surface area contributed by atoms with Gasteiger partial charge in [0.05, 0.1) is 6.54 Å². The number of carbonyl (C=O) groups excluding carboxylic acids is 1. The van der Waals surface area contributed by atoms with Crippen LogP contribution in [0.2, 0.25) is 5.02 Å². The van der Waals surface area contributed by atoms with E-state index in [4.69, 9.17) is 11.6 Å². The Balaban J connectivity index is 1.61. The maximum Gasteiger partial charge on any atom is 0.231 e. The minimum absolute atomic E-state index is 0.206. The van der Waals surface area contributed by atoms with E-state index in [9.17, 15) is 4.79 Å². The van der Waals surface area contributed by atoms with Crippen LogP contribution in [-0.2, 0) is 10.5 Å². The molecule has 0 saturated heterocycles. The van der Waals surface area contributed by atoms with Crippen LogP contribution in [-0.4, -0.2) is 29.1 Å². The number of rotatable bonds is 3. The molecule has 0 bridgehead atoms. The van der Waals surface area contributed by atoms with Gasteiger partial charge in [-0.25, -0.2) is 0 Å². The lowest BCUT2D eigenvalue weighted by atomic mass is 9.88. The smallest absolute Gasteiger partial charge is 0.231 e. The number of benzene rings is 1. The first kappa shape index (κ1) is 15.9. The molecule has 2 aliphatic rings. The van der Waals surface area contributed by atoms with E-state index in [-0.39, 0.29) is 11.8 Å². The van der Waals surface area contributed by atoms with Crippen LogP contribution >= 0.6 is 23.4 Å². The first-order valence-corrected chi connectivity index (χ1v) is 9.34. The Morgan fingerprint density at radius 2 is 2.05 bits per heavy atom. The monoisotopic (exact) mass is 336 g/mol. The van der Waals surface area contributed by atoms with Gasteiger partial charge in [0.2, 0.25) is 5.91 Å². The fourth-order valence-electron chi connectivity index (χ4n) is 3.08. The van der Waals surface area contributed by atoms with Gasteiger partial charge in [0.1, 0.15) is 0 Å². The minimum Gasteiger partial charge on any atom is -0.289 e. The zero-order chi connectivity index (χ0) is 15.4. The van der Waals surface area contributed by atoms with E-state index in [1.54, 1.807) is 11.8 Å². The summed E-state index contributed by atoms with van der Waals surface area (Å²) in [4.78, 5) is 19.1. The van der Waals surface area contributed by atoms with Gasteiger partial charge in [0.25, 0.3) is 0 Å². The van der Waals surface area contributed by atoms with E-state index >= 15 is 0 Å². The van der Waals surface area contributed by atoms with E-state index < -0.39 is 0 Å². The Bertz CT molecular complexity index is 570. The molecular formula is C17H21ClN2OS. The average molecular weight is 337 g/mol. The third-order valence-electron chi connectivity index (χ3n) is 4.34. The molecule has 0 atom stereocenters. The molecule has 0 N–H and O–H groups in total. The highest BCUT2D eigenvalue weighted by atomic mass is 35.5. The average Bonchev–Trinajstić information content (AvgIpc) is 3.03. The molecule has 3 rings (SSSR count). The number of carbonyl (C=O) groups is 1.